The van der Waals surface area contributed by atoms with Gasteiger partial charge in [0.2, 0.25) is 0 Å². The quantitative estimate of drug-likeness (QED) is 0.865. The highest BCUT2D eigenvalue weighted by molar-refractivity contribution is 5.76. The van der Waals surface area contributed by atoms with E-state index in [0.29, 0.717) is 5.92 Å². The van der Waals surface area contributed by atoms with Crippen LogP contribution < -0.4 is 4.74 Å². The van der Waals surface area contributed by atoms with E-state index < -0.39 is 0 Å². The molecule has 2 atom stereocenters. The highest BCUT2D eigenvalue weighted by Crippen LogP contribution is 2.33. The van der Waals surface area contributed by atoms with Crippen molar-refractivity contribution in [3.8, 4) is 5.75 Å². The van der Waals surface area contributed by atoms with Crippen LogP contribution in [-0.4, -0.2) is 23.7 Å². The molecular formula is C13H16N2O2. The third-order valence-electron chi connectivity index (χ3n) is 3.36. The number of benzene rings is 1. The number of H-pyrrole nitrogens is 1. The SMILES string of the molecule is COc1ccc2nc(C3OCCC3C)[nH]c2c1. The molecule has 1 fully saturated rings. The fourth-order valence-corrected chi connectivity index (χ4v) is 2.32. The summed E-state index contributed by atoms with van der Waals surface area (Å²) >= 11 is 0. The summed E-state index contributed by atoms with van der Waals surface area (Å²) in [5.41, 5.74) is 1.96. The molecule has 0 bridgehead atoms. The lowest BCUT2D eigenvalue weighted by molar-refractivity contribution is 0.0883. The Morgan fingerprint density at radius 1 is 1.47 bits per heavy atom. The van der Waals surface area contributed by atoms with E-state index in [0.717, 1.165) is 35.6 Å². The maximum Gasteiger partial charge on any atom is 0.136 e. The summed E-state index contributed by atoms with van der Waals surface area (Å²) in [6.07, 6.45) is 1.21. The average Bonchev–Trinajstić information content (AvgIpc) is 2.93. The van der Waals surface area contributed by atoms with E-state index in [2.05, 4.69) is 16.9 Å². The van der Waals surface area contributed by atoms with Crippen molar-refractivity contribution in [1.82, 2.24) is 9.97 Å². The highest BCUT2D eigenvalue weighted by atomic mass is 16.5. The zero-order valence-electron chi connectivity index (χ0n) is 10.1. The maximum absolute atomic E-state index is 5.71. The second-order valence-corrected chi connectivity index (χ2v) is 4.56. The number of aromatic nitrogens is 2. The number of imidazole rings is 1. The summed E-state index contributed by atoms with van der Waals surface area (Å²) in [6.45, 7) is 3.03. The van der Waals surface area contributed by atoms with Gasteiger partial charge in [-0.25, -0.2) is 4.98 Å². The molecule has 2 aromatic rings. The molecule has 1 N–H and O–H groups in total. The Hall–Kier alpha value is -1.55. The number of methoxy groups -OCH3 is 1. The first-order valence-electron chi connectivity index (χ1n) is 5.93. The van der Waals surface area contributed by atoms with Crippen LogP contribution in [0.25, 0.3) is 11.0 Å². The molecule has 1 aromatic carbocycles. The highest BCUT2D eigenvalue weighted by Gasteiger charge is 2.28. The van der Waals surface area contributed by atoms with Gasteiger partial charge in [0, 0.05) is 12.7 Å². The fourth-order valence-electron chi connectivity index (χ4n) is 2.32. The number of nitrogens with zero attached hydrogens (tertiary/aromatic N) is 1. The van der Waals surface area contributed by atoms with E-state index in [4.69, 9.17) is 9.47 Å². The third kappa shape index (κ3) is 1.78. The standard InChI is InChI=1S/C13H16N2O2/c1-8-5-6-17-12(8)13-14-10-4-3-9(16-2)7-11(10)15-13/h3-4,7-8,12H,5-6H2,1-2H3,(H,14,15). The van der Waals surface area contributed by atoms with E-state index in [-0.39, 0.29) is 6.10 Å². The Morgan fingerprint density at radius 3 is 3.06 bits per heavy atom. The second-order valence-electron chi connectivity index (χ2n) is 4.56. The molecule has 0 amide bonds. The van der Waals surface area contributed by atoms with Crippen LogP contribution in [-0.2, 0) is 4.74 Å². The van der Waals surface area contributed by atoms with Crippen molar-refractivity contribution in [2.75, 3.05) is 13.7 Å². The summed E-state index contributed by atoms with van der Waals surface area (Å²) in [6, 6.07) is 5.85. The van der Waals surface area contributed by atoms with Gasteiger partial charge in [-0.3, -0.25) is 0 Å². The number of hydrogen-bond donors (Lipinski definition) is 1. The van der Waals surface area contributed by atoms with Gasteiger partial charge in [-0.15, -0.1) is 0 Å². The Bertz CT molecular complexity index is 535. The van der Waals surface area contributed by atoms with Gasteiger partial charge in [-0.2, -0.15) is 0 Å². The van der Waals surface area contributed by atoms with Gasteiger partial charge in [0.15, 0.2) is 0 Å². The smallest absolute Gasteiger partial charge is 0.136 e. The topological polar surface area (TPSA) is 47.1 Å². The monoisotopic (exact) mass is 232 g/mol. The van der Waals surface area contributed by atoms with E-state index in [1.807, 2.05) is 18.2 Å². The van der Waals surface area contributed by atoms with Crippen LogP contribution in [0.4, 0.5) is 0 Å². The van der Waals surface area contributed by atoms with Gasteiger partial charge in [-0.1, -0.05) is 6.92 Å². The lowest BCUT2D eigenvalue weighted by atomic mass is 10.0. The van der Waals surface area contributed by atoms with Crippen LogP contribution in [0.3, 0.4) is 0 Å². The van der Waals surface area contributed by atoms with Crippen molar-refractivity contribution < 1.29 is 9.47 Å². The molecule has 3 rings (SSSR count). The molecule has 4 nitrogen and oxygen atoms in total. The van der Waals surface area contributed by atoms with Crippen molar-refractivity contribution in [2.45, 2.75) is 19.4 Å². The first kappa shape index (κ1) is 10.6. The van der Waals surface area contributed by atoms with Gasteiger partial charge >= 0.3 is 0 Å². The molecular weight excluding hydrogens is 216 g/mol. The van der Waals surface area contributed by atoms with Crippen molar-refractivity contribution >= 4 is 11.0 Å². The maximum atomic E-state index is 5.71. The van der Waals surface area contributed by atoms with E-state index >= 15 is 0 Å². The first-order valence-corrected chi connectivity index (χ1v) is 5.93. The summed E-state index contributed by atoms with van der Waals surface area (Å²) in [4.78, 5) is 7.91. The molecule has 90 valence electrons. The fraction of sp³-hybridized carbons (Fsp3) is 0.462. The zero-order chi connectivity index (χ0) is 11.8. The summed E-state index contributed by atoms with van der Waals surface area (Å²) in [7, 11) is 1.67. The minimum Gasteiger partial charge on any atom is -0.497 e. The average molecular weight is 232 g/mol. The minimum atomic E-state index is 0.105. The molecule has 0 radical (unpaired) electrons. The summed E-state index contributed by atoms with van der Waals surface area (Å²) < 4.78 is 10.9. The van der Waals surface area contributed by atoms with Crippen LogP contribution in [0, 0.1) is 5.92 Å². The molecule has 17 heavy (non-hydrogen) atoms. The molecule has 4 heteroatoms. The second kappa shape index (κ2) is 4.04. The molecule has 2 heterocycles. The lowest BCUT2D eigenvalue weighted by Gasteiger charge is -2.10. The molecule has 0 spiro atoms. The molecule has 0 saturated carbocycles. The van der Waals surface area contributed by atoms with Crippen molar-refractivity contribution in [2.24, 2.45) is 5.92 Å². The lowest BCUT2D eigenvalue weighted by Crippen LogP contribution is -2.05. The minimum absolute atomic E-state index is 0.105. The van der Waals surface area contributed by atoms with E-state index in [1.54, 1.807) is 7.11 Å². The normalized spacial score (nSPS) is 24.4. The number of aromatic amines is 1. The molecule has 1 saturated heterocycles. The van der Waals surface area contributed by atoms with Crippen molar-refractivity contribution in [3.05, 3.63) is 24.0 Å². The van der Waals surface area contributed by atoms with Gasteiger partial charge in [0.25, 0.3) is 0 Å². The largest absolute Gasteiger partial charge is 0.497 e. The number of nitrogens with one attached hydrogen (secondary N) is 1. The van der Waals surface area contributed by atoms with Crippen molar-refractivity contribution in [3.63, 3.8) is 0 Å². The van der Waals surface area contributed by atoms with Crippen LogP contribution in [0.1, 0.15) is 25.3 Å². The molecule has 2 unspecified atom stereocenters. The van der Waals surface area contributed by atoms with Gasteiger partial charge < -0.3 is 14.5 Å². The molecule has 1 aliphatic heterocycles. The zero-order valence-corrected chi connectivity index (χ0v) is 10.1. The number of fused-ring (bicyclic) bond motifs is 1. The number of hydrogen-bond acceptors (Lipinski definition) is 3. The number of ether oxygens (including phenoxy) is 2. The predicted octanol–water partition coefficient (Wildman–Crippen LogP) is 2.67. The Morgan fingerprint density at radius 2 is 2.35 bits per heavy atom. The third-order valence-corrected chi connectivity index (χ3v) is 3.36. The van der Waals surface area contributed by atoms with Gasteiger partial charge in [-0.05, 0) is 24.5 Å². The Kier molecular flexibility index (Phi) is 2.52. The Labute approximate surface area is 100.0 Å². The van der Waals surface area contributed by atoms with Crippen LogP contribution >= 0.6 is 0 Å². The molecule has 1 aliphatic rings. The Balaban J connectivity index is 2.01. The molecule has 1 aromatic heterocycles. The van der Waals surface area contributed by atoms with E-state index in [9.17, 15) is 0 Å². The summed E-state index contributed by atoms with van der Waals surface area (Å²) in [5, 5.41) is 0. The molecule has 0 aliphatic carbocycles. The van der Waals surface area contributed by atoms with Gasteiger partial charge in [0.05, 0.1) is 18.1 Å². The van der Waals surface area contributed by atoms with Crippen LogP contribution in [0.5, 0.6) is 5.75 Å². The summed E-state index contributed by atoms with van der Waals surface area (Å²) in [5.74, 6) is 2.30. The predicted molar refractivity (Wildman–Crippen MR) is 65.1 cm³/mol. The van der Waals surface area contributed by atoms with Crippen LogP contribution in [0.15, 0.2) is 18.2 Å². The number of rotatable bonds is 2. The first-order chi connectivity index (χ1) is 8.28. The van der Waals surface area contributed by atoms with Crippen molar-refractivity contribution in [1.29, 1.82) is 0 Å². The van der Waals surface area contributed by atoms with E-state index in [1.165, 1.54) is 0 Å². The van der Waals surface area contributed by atoms with Gasteiger partial charge in [0.1, 0.15) is 17.7 Å². The van der Waals surface area contributed by atoms with Crippen LogP contribution in [0.2, 0.25) is 0 Å².